The number of nitrogens with one attached hydrogen (secondary N) is 1. The minimum Gasteiger partial charge on any atom is -0.394 e. The van der Waals surface area contributed by atoms with Gasteiger partial charge in [-0.1, -0.05) is 11.6 Å². The van der Waals surface area contributed by atoms with Crippen molar-refractivity contribution >= 4 is 28.2 Å². The van der Waals surface area contributed by atoms with Crippen LogP contribution in [0.25, 0.3) is 10.9 Å². The molecule has 6 heteroatoms. The number of anilines is 1. The van der Waals surface area contributed by atoms with Gasteiger partial charge in [0.15, 0.2) is 5.82 Å². The number of benzene rings is 1. The number of nitrogens with zero attached hydrogens (tertiary/aromatic N) is 1. The summed E-state index contributed by atoms with van der Waals surface area (Å²) in [5.41, 5.74) is 0.385. The molecule has 0 aliphatic rings. The topological polar surface area (TPSA) is 65.4 Å². The first-order chi connectivity index (χ1) is 8.63. The second-order valence-electron chi connectivity index (χ2n) is 3.83. The Kier molecular flexibility index (Phi) is 3.96. The first-order valence-corrected chi connectivity index (χ1v) is 5.76. The SMILES string of the molecule is OC[C@@H](O)CNc1ccc2c(Cl)ccnc2c1F. The van der Waals surface area contributed by atoms with Gasteiger partial charge in [0.05, 0.1) is 23.4 Å². The molecule has 1 aromatic carbocycles. The van der Waals surface area contributed by atoms with Crippen LogP contribution in [0.2, 0.25) is 5.02 Å². The Morgan fingerprint density at radius 2 is 2.17 bits per heavy atom. The van der Waals surface area contributed by atoms with E-state index in [2.05, 4.69) is 10.3 Å². The average molecular weight is 271 g/mol. The van der Waals surface area contributed by atoms with E-state index in [-0.39, 0.29) is 24.4 Å². The number of rotatable bonds is 4. The molecule has 96 valence electrons. The van der Waals surface area contributed by atoms with Crippen molar-refractivity contribution in [2.45, 2.75) is 6.10 Å². The van der Waals surface area contributed by atoms with Crippen LogP contribution in [0.5, 0.6) is 0 Å². The van der Waals surface area contributed by atoms with Gasteiger partial charge in [-0.2, -0.15) is 0 Å². The average Bonchev–Trinajstić information content (AvgIpc) is 2.38. The van der Waals surface area contributed by atoms with Crippen molar-refractivity contribution in [3.05, 3.63) is 35.2 Å². The summed E-state index contributed by atoms with van der Waals surface area (Å²) in [4.78, 5) is 3.94. The fraction of sp³-hybridized carbons (Fsp3) is 0.250. The summed E-state index contributed by atoms with van der Waals surface area (Å²) in [6.07, 6.45) is 0.493. The number of aliphatic hydroxyl groups is 2. The molecular weight excluding hydrogens is 259 g/mol. The van der Waals surface area contributed by atoms with E-state index in [1.165, 1.54) is 12.3 Å². The molecule has 1 atom stereocenters. The zero-order chi connectivity index (χ0) is 13.1. The number of hydrogen-bond acceptors (Lipinski definition) is 4. The van der Waals surface area contributed by atoms with Gasteiger partial charge >= 0.3 is 0 Å². The van der Waals surface area contributed by atoms with Gasteiger partial charge in [0.25, 0.3) is 0 Å². The van der Waals surface area contributed by atoms with Crippen LogP contribution in [-0.4, -0.2) is 34.5 Å². The molecule has 0 unspecified atom stereocenters. The first kappa shape index (κ1) is 13.0. The maximum Gasteiger partial charge on any atom is 0.172 e. The molecule has 2 aromatic rings. The maximum absolute atomic E-state index is 14.1. The van der Waals surface area contributed by atoms with E-state index >= 15 is 0 Å². The second kappa shape index (κ2) is 5.48. The van der Waals surface area contributed by atoms with Crippen molar-refractivity contribution in [2.75, 3.05) is 18.5 Å². The van der Waals surface area contributed by atoms with E-state index in [1.54, 1.807) is 12.1 Å². The van der Waals surface area contributed by atoms with Crippen LogP contribution in [0.4, 0.5) is 10.1 Å². The fourth-order valence-electron chi connectivity index (χ4n) is 1.58. The van der Waals surface area contributed by atoms with Crippen molar-refractivity contribution in [3.63, 3.8) is 0 Å². The molecule has 0 bridgehead atoms. The van der Waals surface area contributed by atoms with Crippen LogP contribution in [0.15, 0.2) is 24.4 Å². The van der Waals surface area contributed by atoms with Crippen LogP contribution >= 0.6 is 11.6 Å². The van der Waals surface area contributed by atoms with Gasteiger partial charge in [-0.25, -0.2) is 4.39 Å². The number of halogens is 2. The normalized spacial score (nSPS) is 12.7. The van der Waals surface area contributed by atoms with E-state index in [9.17, 15) is 9.50 Å². The molecule has 0 aliphatic heterocycles. The molecule has 0 radical (unpaired) electrons. The first-order valence-electron chi connectivity index (χ1n) is 5.39. The molecule has 4 nitrogen and oxygen atoms in total. The number of aliphatic hydroxyl groups excluding tert-OH is 2. The Labute approximate surface area is 108 Å². The summed E-state index contributed by atoms with van der Waals surface area (Å²) in [6, 6.07) is 4.77. The molecule has 0 fully saturated rings. The van der Waals surface area contributed by atoms with Gasteiger partial charge in [0.1, 0.15) is 5.52 Å². The lowest BCUT2D eigenvalue weighted by Crippen LogP contribution is -2.23. The zero-order valence-electron chi connectivity index (χ0n) is 9.40. The van der Waals surface area contributed by atoms with E-state index < -0.39 is 11.9 Å². The minimum absolute atomic E-state index is 0.0551. The van der Waals surface area contributed by atoms with Gasteiger partial charge in [-0.3, -0.25) is 4.98 Å². The third-order valence-electron chi connectivity index (χ3n) is 2.54. The number of aromatic nitrogens is 1. The van der Waals surface area contributed by atoms with Crippen LogP contribution in [0.3, 0.4) is 0 Å². The molecule has 1 heterocycles. The van der Waals surface area contributed by atoms with Crippen molar-refractivity contribution < 1.29 is 14.6 Å². The molecule has 1 aromatic heterocycles. The highest BCUT2D eigenvalue weighted by Crippen LogP contribution is 2.27. The Morgan fingerprint density at radius 3 is 2.89 bits per heavy atom. The summed E-state index contributed by atoms with van der Waals surface area (Å²) in [6.45, 7) is -0.328. The lowest BCUT2D eigenvalue weighted by atomic mass is 10.2. The number of pyridine rings is 1. The highest BCUT2D eigenvalue weighted by molar-refractivity contribution is 6.35. The molecule has 18 heavy (non-hydrogen) atoms. The van der Waals surface area contributed by atoms with Crippen LogP contribution in [0.1, 0.15) is 0 Å². The van der Waals surface area contributed by atoms with Gasteiger partial charge in [0.2, 0.25) is 0 Å². The zero-order valence-corrected chi connectivity index (χ0v) is 10.2. The molecule has 2 rings (SSSR count). The molecule has 0 saturated heterocycles. The van der Waals surface area contributed by atoms with E-state index in [1.807, 2.05) is 0 Å². The van der Waals surface area contributed by atoms with E-state index in [4.69, 9.17) is 16.7 Å². The van der Waals surface area contributed by atoms with Crippen molar-refractivity contribution in [3.8, 4) is 0 Å². The summed E-state index contributed by atoms with van der Waals surface area (Å²) >= 11 is 5.93. The van der Waals surface area contributed by atoms with Gasteiger partial charge in [-0.05, 0) is 18.2 Å². The molecule has 0 spiro atoms. The smallest absolute Gasteiger partial charge is 0.172 e. The lowest BCUT2D eigenvalue weighted by molar-refractivity contribution is 0.105. The minimum atomic E-state index is -0.938. The third kappa shape index (κ3) is 2.53. The highest BCUT2D eigenvalue weighted by atomic mass is 35.5. The van der Waals surface area contributed by atoms with Crippen molar-refractivity contribution in [1.29, 1.82) is 0 Å². The molecular formula is C12H12ClFN2O2. The number of fused-ring (bicyclic) bond motifs is 1. The van der Waals surface area contributed by atoms with Crippen molar-refractivity contribution in [2.24, 2.45) is 0 Å². The largest absolute Gasteiger partial charge is 0.394 e. The standard InChI is InChI=1S/C12H12ClFN2O2/c13-9-3-4-15-12-8(9)1-2-10(11(12)14)16-5-7(18)6-17/h1-4,7,16-18H,5-6H2/t7-/m0/s1. The predicted octanol–water partition coefficient (Wildman–Crippen LogP) is 1.79. The fourth-order valence-corrected chi connectivity index (χ4v) is 1.79. The molecule has 3 N–H and O–H groups in total. The summed E-state index contributed by atoms with van der Waals surface area (Å²) in [5, 5.41) is 21.5. The Morgan fingerprint density at radius 1 is 1.39 bits per heavy atom. The molecule has 0 saturated carbocycles. The second-order valence-corrected chi connectivity index (χ2v) is 4.24. The maximum atomic E-state index is 14.1. The van der Waals surface area contributed by atoms with Gasteiger partial charge in [0, 0.05) is 18.1 Å². The Hall–Kier alpha value is -1.43. The Bertz CT molecular complexity index is 565. The molecule has 0 amide bonds. The lowest BCUT2D eigenvalue weighted by Gasteiger charge is -2.12. The quantitative estimate of drug-likeness (QED) is 0.793. The van der Waals surface area contributed by atoms with Crippen molar-refractivity contribution in [1.82, 2.24) is 4.98 Å². The summed E-state index contributed by atoms with van der Waals surface area (Å²) in [7, 11) is 0. The number of hydrogen-bond donors (Lipinski definition) is 3. The molecule has 0 aliphatic carbocycles. The van der Waals surface area contributed by atoms with Gasteiger partial charge in [-0.15, -0.1) is 0 Å². The van der Waals surface area contributed by atoms with Gasteiger partial charge < -0.3 is 15.5 Å². The Balaban J connectivity index is 2.33. The monoisotopic (exact) mass is 270 g/mol. The van der Waals surface area contributed by atoms with Crippen LogP contribution < -0.4 is 5.32 Å². The predicted molar refractivity (Wildman–Crippen MR) is 68.3 cm³/mol. The summed E-state index contributed by atoms with van der Waals surface area (Å²) < 4.78 is 14.1. The van der Waals surface area contributed by atoms with Crippen LogP contribution in [0, 0.1) is 5.82 Å². The third-order valence-corrected chi connectivity index (χ3v) is 2.87. The highest BCUT2D eigenvalue weighted by Gasteiger charge is 2.11. The summed E-state index contributed by atoms with van der Waals surface area (Å²) in [5.74, 6) is -0.528. The van der Waals surface area contributed by atoms with Crippen LogP contribution in [-0.2, 0) is 0 Å². The van der Waals surface area contributed by atoms with E-state index in [0.29, 0.717) is 10.4 Å². The van der Waals surface area contributed by atoms with E-state index in [0.717, 1.165) is 0 Å².